The van der Waals surface area contributed by atoms with Crippen molar-refractivity contribution in [3.63, 3.8) is 0 Å². The van der Waals surface area contributed by atoms with Gasteiger partial charge < -0.3 is 15.3 Å². The van der Waals surface area contributed by atoms with Crippen LogP contribution in [-0.4, -0.2) is 47.6 Å². The standard InChI is InChI=1S/C14H26N2O3/c1-11(2)8-12(17)9-15-13(18)10-16-7-5-3-4-6-14(16)19/h11-12,17H,3-10H2,1-2H3,(H,15,18). The lowest BCUT2D eigenvalue weighted by Crippen LogP contribution is -2.42. The summed E-state index contributed by atoms with van der Waals surface area (Å²) in [6.45, 7) is 5.11. The minimum Gasteiger partial charge on any atom is -0.391 e. The van der Waals surface area contributed by atoms with Gasteiger partial charge in [0.1, 0.15) is 0 Å². The van der Waals surface area contributed by atoms with E-state index in [1.807, 2.05) is 13.8 Å². The van der Waals surface area contributed by atoms with Gasteiger partial charge in [0.05, 0.1) is 12.6 Å². The molecule has 19 heavy (non-hydrogen) atoms. The van der Waals surface area contributed by atoms with Crippen LogP contribution < -0.4 is 5.32 Å². The minimum absolute atomic E-state index is 0.0652. The third kappa shape index (κ3) is 6.57. The molecule has 2 amide bonds. The number of rotatable bonds is 6. The molecule has 1 rings (SSSR count). The Labute approximate surface area is 115 Å². The second-order valence-electron chi connectivity index (χ2n) is 5.71. The van der Waals surface area contributed by atoms with Crippen molar-refractivity contribution in [1.82, 2.24) is 10.2 Å². The first kappa shape index (κ1) is 16.0. The summed E-state index contributed by atoms with van der Waals surface area (Å²) in [5.74, 6) is 0.285. The fraction of sp³-hybridized carbons (Fsp3) is 0.857. The van der Waals surface area contributed by atoms with Crippen LogP contribution in [0.4, 0.5) is 0 Å². The van der Waals surface area contributed by atoms with Crippen LogP contribution in [0.25, 0.3) is 0 Å². The van der Waals surface area contributed by atoms with Crippen LogP contribution in [0.15, 0.2) is 0 Å². The Balaban J connectivity index is 2.27. The van der Waals surface area contributed by atoms with E-state index >= 15 is 0 Å². The zero-order valence-corrected chi connectivity index (χ0v) is 12.0. The Morgan fingerprint density at radius 2 is 2.11 bits per heavy atom. The predicted octanol–water partition coefficient (Wildman–Crippen LogP) is 0.912. The van der Waals surface area contributed by atoms with E-state index in [1.165, 1.54) is 0 Å². The van der Waals surface area contributed by atoms with Gasteiger partial charge in [0.25, 0.3) is 0 Å². The number of aliphatic hydroxyl groups excluding tert-OH is 1. The summed E-state index contributed by atoms with van der Waals surface area (Å²) in [5, 5.41) is 12.4. The van der Waals surface area contributed by atoms with Crippen molar-refractivity contribution in [3.05, 3.63) is 0 Å². The molecule has 0 aliphatic carbocycles. The van der Waals surface area contributed by atoms with Crippen LogP contribution in [0.3, 0.4) is 0 Å². The number of aliphatic hydroxyl groups is 1. The Morgan fingerprint density at radius 3 is 2.79 bits per heavy atom. The summed E-state index contributed by atoms with van der Waals surface area (Å²) in [6.07, 6.45) is 3.64. The molecule has 1 unspecified atom stereocenters. The average Bonchev–Trinajstić information content (AvgIpc) is 2.52. The zero-order chi connectivity index (χ0) is 14.3. The number of amides is 2. The van der Waals surface area contributed by atoms with Crippen LogP contribution in [0, 0.1) is 5.92 Å². The molecule has 1 aliphatic heterocycles. The van der Waals surface area contributed by atoms with Gasteiger partial charge in [0, 0.05) is 19.5 Å². The first-order valence-electron chi connectivity index (χ1n) is 7.21. The van der Waals surface area contributed by atoms with E-state index in [-0.39, 0.29) is 24.9 Å². The maximum absolute atomic E-state index is 11.7. The molecule has 0 saturated carbocycles. The van der Waals surface area contributed by atoms with Crippen molar-refractivity contribution in [2.45, 2.75) is 52.1 Å². The van der Waals surface area contributed by atoms with E-state index in [4.69, 9.17) is 0 Å². The number of likely N-dealkylation sites (tertiary alicyclic amines) is 1. The summed E-state index contributed by atoms with van der Waals surface area (Å²) in [7, 11) is 0. The highest BCUT2D eigenvalue weighted by atomic mass is 16.3. The smallest absolute Gasteiger partial charge is 0.239 e. The normalized spacial score (nSPS) is 18.3. The second kappa shape index (κ2) is 8.15. The quantitative estimate of drug-likeness (QED) is 0.754. The van der Waals surface area contributed by atoms with Crippen LogP contribution in [0.1, 0.15) is 46.0 Å². The van der Waals surface area contributed by atoms with Crippen LogP contribution in [-0.2, 0) is 9.59 Å². The van der Waals surface area contributed by atoms with E-state index in [0.29, 0.717) is 25.3 Å². The molecule has 5 heteroatoms. The molecule has 2 N–H and O–H groups in total. The van der Waals surface area contributed by atoms with E-state index in [9.17, 15) is 14.7 Å². The van der Waals surface area contributed by atoms with E-state index in [2.05, 4.69) is 5.32 Å². The zero-order valence-electron chi connectivity index (χ0n) is 12.0. The average molecular weight is 270 g/mol. The maximum Gasteiger partial charge on any atom is 0.239 e. The molecule has 1 saturated heterocycles. The number of hydrogen-bond acceptors (Lipinski definition) is 3. The number of nitrogens with one attached hydrogen (secondary N) is 1. The predicted molar refractivity (Wildman–Crippen MR) is 73.5 cm³/mol. The van der Waals surface area contributed by atoms with Gasteiger partial charge in [0.2, 0.25) is 11.8 Å². The molecular formula is C14H26N2O3. The van der Waals surface area contributed by atoms with Gasteiger partial charge in [-0.05, 0) is 25.2 Å². The van der Waals surface area contributed by atoms with Gasteiger partial charge >= 0.3 is 0 Å². The highest BCUT2D eigenvalue weighted by Gasteiger charge is 2.19. The van der Waals surface area contributed by atoms with Crippen LogP contribution >= 0.6 is 0 Å². The van der Waals surface area contributed by atoms with Gasteiger partial charge in [-0.2, -0.15) is 0 Å². The molecule has 0 aromatic carbocycles. The Morgan fingerprint density at radius 1 is 1.37 bits per heavy atom. The summed E-state index contributed by atoms with van der Waals surface area (Å²) >= 11 is 0. The fourth-order valence-corrected chi connectivity index (χ4v) is 2.29. The number of hydrogen-bond donors (Lipinski definition) is 2. The molecule has 110 valence electrons. The van der Waals surface area contributed by atoms with Gasteiger partial charge in [0.15, 0.2) is 0 Å². The minimum atomic E-state index is -0.510. The molecule has 0 spiro atoms. The third-order valence-corrected chi connectivity index (χ3v) is 3.28. The summed E-state index contributed by atoms with van der Waals surface area (Å²) in [5.41, 5.74) is 0. The molecule has 1 heterocycles. The Kier molecular flexibility index (Phi) is 6.84. The van der Waals surface area contributed by atoms with E-state index < -0.39 is 6.10 Å². The monoisotopic (exact) mass is 270 g/mol. The molecular weight excluding hydrogens is 244 g/mol. The van der Waals surface area contributed by atoms with E-state index in [0.717, 1.165) is 19.3 Å². The van der Waals surface area contributed by atoms with Crippen molar-refractivity contribution < 1.29 is 14.7 Å². The third-order valence-electron chi connectivity index (χ3n) is 3.28. The Bertz CT molecular complexity index is 305. The molecule has 1 fully saturated rings. The molecule has 1 aliphatic rings. The largest absolute Gasteiger partial charge is 0.391 e. The van der Waals surface area contributed by atoms with Gasteiger partial charge in [-0.1, -0.05) is 20.3 Å². The summed E-state index contributed by atoms with van der Waals surface area (Å²) in [4.78, 5) is 25.1. The molecule has 5 nitrogen and oxygen atoms in total. The van der Waals surface area contributed by atoms with Crippen molar-refractivity contribution in [1.29, 1.82) is 0 Å². The fourth-order valence-electron chi connectivity index (χ4n) is 2.29. The van der Waals surface area contributed by atoms with Crippen LogP contribution in [0.5, 0.6) is 0 Å². The molecule has 0 bridgehead atoms. The first-order valence-corrected chi connectivity index (χ1v) is 7.21. The van der Waals surface area contributed by atoms with E-state index in [1.54, 1.807) is 4.90 Å². The maximum atomic E-state index is 11.7. The number of nitrogens with zero attached hydrogens (tertiary/aromatic N) is 1. The molecule has 1 atom stereocenters. The van der Waals surface area contributed by atoms with Gasteiger partial charge in [-0.25, -0.2) is 0 Å². The van der Waals surface area contributed by atoms with Crippen molar-refractivity contribution >= 4 is 11.8 Å². The number of carbonyl (C=O) groups is 2. The van der Waals surface area contributed by atoms with Crippen molar-refractivity contribution in [2.75, 3.05) is 19.6 Å². The van der Waals surface area contributed by atoms with Gasteiger partial charge in [-0.3, -0.25) is 9.59 Å². The summed E-state index contributed by atoms with van der Waals surface area (Å²) < 4.78 is 0. The Hall–Kier alpha value is -1.10. The highest BCUT2D eigenvalue weighted by Crippen LogP contribution is 2.10. The highest BCUT2D eigenvalue weighted by molar-refractivity contribution is 5.84. The van der Waals surface area contributed by atoms with Crippen molar-refractivity contribution in [3.8, 4) is 0 Å². The lowest BCUT2D eigenvalue weighted by molar-refractivity contribution is -0.135. The molecule has 0 aromatic rings. The molecule has 0 radical (unpaired) electrons. The van der Waals surface area contributed by atoms with Gasteiger partial charge in [-0.15, -0.1) is 0 Å². The SMILES string of the molecule is CC(C)CC(O)CNC(=O)CN1CCCCCC1=O. The second-order valence-corrected chi connectivity index (χ2v) is 5.71. The number of carbonyl (C=O) groups excluding carboxylic acids is 2. The summed E-state index contributed by atoms with van der Waals surface area (Å²) in [6, 6.07) is 0. The van der Waals surface area contributed by atoms with Crippen molar-refractivity contribution in [2.24, 2.45) is 5.92 Å². The molecule has 0 aromatic heterocycles. The topological polar surface area (TPSA) is 69.6 Å². The lowest BCUT2D eigenvalue weighted by Gasteiger charge is -2.20. The van der Waals surface area contributed by atoms with Crippen LogP contribution in [0.2, 0.25) is 0 Å². The first-order chi connectivity index (χ1) is 8.99. The lowest BCUT2D eigenvalue weighted by atomic mass is 10.1.